The summed E-state index contributed by atoms with van der Waals surface area (Å²) in [6.07, 6.45) is 7.82. The lowest BCUT2D eigenvalue weighted by Gasteiger charge is -2.30. The number of hydrogen-bond acceptors (Lipinski definition) is 2. The largest absolute Gasteiger partial charge is 0.391 e. The Labute approximate surface area is 108 Å². The third-order valence-electron chi connectivity index (χ3n) is 4.14. The van der Waals surface area contributed by atoms with E-state index in [0.29, 0.717) is 17.6 Å². The van der Waals surface area contributed by atoms with Crippen LogP contribution in [0.2, 0.25) is 6.04 Å². The minimum Gasteiger partial charge on any atom is -0.391 e. The highest BCUT2D eigenvalue weighted by molar-refractivity contribution is 6.44. The Balaban J connectivity index is 1.91. The van der Waals surface area contributed by atoms with E-state index in [1.807, 2.05) is 0 Å². The van der Waals surface area contributed by atoms with Crippen LogP contribution in [-0.4, -0.2) is 21.5 Å². The summed E-state index contributed by atoms with van der Waals surface area (Å²) in [4.78, 5) is 0. The van der Waals surface area contributed by atoms with Crippen molar-refractivity contribution in [1.29, 1.82) is 0 Å². The normalized spacial score (nSPS) is 32.3. The maximum absolute atomic E-state index is 6.05. The molecule has 0 aromatic rings. The molecule has 0 N–H and O–H groups in total. The van der Waals surface area contributed by atoms with Gasteiger partial charge < -0.3 is 8.85 Å². The van der Waals surface area contributed by atoms with Gasteiger partial charge in [-0.25, -0.2) is 0 Å². The summed E-state index contributed by atoms with van der Waals surface area (Å²) in [5.41, 5.74) is 0.600. The molecule has 99 valence electrons. The molecule has 2 fully saturated rings. The molecule has 0 aromatic carbocycles. The van der Waals surface area contributed by atoms with Gasteiger partial charge in [0.15, 0.2) is 0 Å². The van der Waals surface area contributed by atoms with Crippen LogP contribution in [-0.2, 0) is 8.85 Å². The van der Waals surface area contributed by atoms with Gasteiger partial charge >= 0.3 is 9.28 Å². The van der Waals surface area contributed by atoms with Crippen molar-refractivity contribution in [3.05, 3.63) is 0 Å². The fourth-order valence-electron chi connectivity index (χ4n) is 3.50. The van der Waals surface area contributed by atoms with Gasteiger partial charge in [-0.3, -0.25) is 0 Å². The summed E-state index contributed by atoms with van der Waals surface area (Å²) in [6.45, 7) is 8.49. The average Bonchev–Trinajstić information content (AvgIpc) is 2.74. The molecule has 0 spiro atoms. The van der Waals surface area contributed by atoms with E-state index in [4.69, 9.17) is 8.85 Å². The second-order valence-electron chi connectivity index (χ2n) is 6.53. The summed E-state index contributed by atoms with van der Waals surface area (Å²) >= 11 is 0. The number of fused-ring (bicyclic) bond motifs is 2. The van der Waals surface area contributed by atoms with E-state index < -0.39 is 9.28 Å². The zero-order valence-electron chi connectivity index (χ0n) is 11.8. The van der Waals surface area contributed by atoms with Crippen molar-refractivity contribution in [3.8, 4) is 0 Å². The van der Waals surface area contributed by atoms with Gasteiger partial charge in [0.05, 0.1) is 0 Å². The molecule has 0 aliphatic heterocycles. The highest BCUT2D eigenvalue weighted by Crippen LogP contribution is 2.56. The molecule has 2 bridgehead atoms. The van der Waals surface area contributed by atoms with E-state index in [2.05, 4.69) is 27.7 Å². The molecule has 2 aliphatic carbocycles. The summed E-state index contributed by atoms with van der Waals surface area (Å²) < 4.78 is 12.1. The molecule has 0 unspecified atom stereocenters. The first kappa shape index (κ1) is 13.6. The Kier molecular flexibility index (Phi) is 4.32. The molecule has 0 amide bonds. The summed E-state index contributed by atoms with van der Waals surface area (Å²) in [7, 11) is -1.07. The first-order chi connectivity index (χ1) is 7.99. The van der Waals surface area contributed by atoms with E-state index in [9.17, 15) is 0 Å². The number of hydrogen-bond donors (Lipinski definition) is 0. The molecular weight excluding hydrogens is 228 g/mol. The molecule has 0 saturated heterocycles. The predicted octanol–water partition coefficient (Wildman–Crippen LogP) is 3.90. The molecule has 0 heterocycles. The van der Waals surface area contributed by atoms with Crippen LogP contribution in [0.15, 0.2) is 0 Å². The standard InChI is InChI=1S/C14H27O2Si/c1-11(2)15-17(16-12(3)4)10-14-7-5-13(9-14)6-8-14/h11-13H,5-10H2,1-4H3. The van der Waals surface area contributed by atoms with E-state index >= 15 is 0 Å². The molecule has 2 saturated carbocycles. The zero-order chi connectivity index (χ0) is 12.5. The van der Waals surface area contributed by atoms with Crippen LogP contribution < -0.4 is 0 Å². The monoisotopic (exact) mass is 255 g/mol. The topological polar surface area (TPSA) is 18.5 Å². The first-order valence-electron chi connectivity index (χ1n) is 7.18. The highest BCUT2D eigenvalue weighted by atomic mass is 28.3. The summed E-state index contributed by atoms with van der Waals surface area (Å²) in [5, 5.41) is 0. The van der Waals surface area contributed by atoms with E-state index in [1.54, 1.807) is 0 Å². The van der Waals surface area contributed by atoms with E-state index in [0.717, 1.165) is 5.92 Å². The SMILES string of the molecule is CC(C)O[Si](CC12CCC(CC1)C2)OC(C)C. The number of rotatable bonds is 6. The van der Waals surface area contributed by atoms with Crippen LogP contribution >= 0.6 is 0 Å². The maximum Gasteiger partial charge on any atom is 0.385 e. The van der Waals surface area contributed by atoms with Crippen molar-refractivity contribution >= 4 is 9.28 Å². The van der Waals surface area contributed by atoms with Crippen molar-refractivity contribution < 1.29 is 8.85 Å². The van der Waals surface area contributed by atoms with Gasteiger partial charge in [0.2, 0.25) is 0 Å². The second kappa shape index (κ2) is 5.41. The lowest BCUT2D eigenvalue weighted by atomic mass is 9.86. The fourth-order valence-corrected chi connectivity index (χ4v) is 5.89. The lowest BCUT2D eigenvalue weighted by molar-refractivity contribution is 0.119. The Morgan fingerprint density at radius 2 is 1.59 bits per heavy atom. The molecule has 2 rings (SSSR count). The summed E-state index contributed by atoms with van der Waals surface area (Å²) in [6, 6.07) is 1.21. The quantitative estimate of drug-likeness (QED) is 0.670. The molecule has 3 heteroatoms. The molecule has 2 nitrogen and oxygen atoms in total. The molecule has 17 heavy (non-hydrogen) atoms. The predicted molar refractivity (Wildman–Crippen MR) is 72.0 cm³/mol. The third-order valence-corrected chi connectivity index (χ3v) is 6.65. The average molecular weight is 255 g/mol. The first-order valence-corrected chi connectivity index (χ1v) is 8.71. The zero-order valence-corrected chi connectivity index (χ0v) is 12.8. The van der Waals surface area contributed by atoms with Gasteiger partial charge in [0.25, 0.3) is 0 Å². The van der Waals surface area contributed by atoms with Crippen molar-refractivity contribution in [1.82, 2.24) is 0 Å². The van der Waals surface area contributed by atoms with Crippen LogP contribution in [0.25, 0.3) is 0 Å². The van der Waals surface area contributed by atoms with Crippen LogP contribution in [0.4, 0.5) is 0 Å². The van der Waals surface area contributed by atoms with Gasteiger partial charge in [0, 0.05) is 12.2 Å². The van der Waals surface area contributed by atoms with Crippen molar-refractivity contribution in [2.24, 2.45) is 11.3 Å². The smallest absolute Gasteiger partial charge is 0.385 e. The molecule has 1 radical (unpaired) electrons. The van der Waals surface area contributed by atoms with Gasteiger partial charge in [-0.2, -0.15) is 0 Å². The lowest BCUT2D eigenvalue weighted by Crippen LogP contribution is -2.34. The van der Waals surface area contributed by atoms with Crippen molar-refractivity contribution in [2.75, 3.05) is 0 Å². The minimum atomic E-state index is -1.07. The Morgan fingerprint density at radius 1 is 1.06 bits per heavy atom. The second-order valence-corrected chi connectivity index (χ2v) is 8.10. The third kappa shape index (κ3) is 3.55. The Morgan fingerprint density at radius 3 is 1.94 bits per heavy atom. The van der Waals surface area contributed by atoms with Gasteiger partial charge in [-0.15, -0.1) is 0 Å². The molecular formula is C14H27O2Si. The van der Waals surface area contributed by atoms with Gasteiger partial charge in [-0.1, -0.05) is 0 Å². The molecule has 0 aromatic heterocycles. The van der Waals surface area contributed by atoms with Gasteiger partial charge in [0.1, 0.15) is 0 Å². The van der Waals surface area contributed by atoms with Crippen molar-refractivity contribution in [2.45, 2.75) is 78.1 Å². The molecule has 0 atom stereocenters. The Hall–Kier alpha value is 0.137. The van der Waals surface area contributed by atoms with Crippen LogP contribution in [0.3, 0.4) is 0 Å². The fraction of sp³-hybridized carbons (Fsp3) is 1.00. The summed E-state index contributed by atoms with van der Waals surface area (Å²) in [5.74, 6) is 1.02. The van der Waals surface area contributed by atoms with E-state index in [-0.39, 0.29) is 0 Å². The van der Waals surface area contributed by atoms with Crippen LogP contribution in [0, 0.1) is 11.3 Å². The Bertz CT molecular complexity index is 235. The highest BCUT2D eigenvalue weighted by Gasteiger charge is 2.47. The van der Waals surface area contributed by atoms with Crippen molar-refractivity contribution in [3.63, 3.8) is 0 Å². The van der Waals surface area contributed by atoms with Gasteiger partial charge in [-0.05, 0) is 77.2 Å². The maximum atomic E-state index is 6.05. The van der Waals surface area contributed by atoms with E-state index in [1.165, 1.54) is 38.1 Å². The van der Waals surface area contributed by atoms with Crippen LogP contribution in [0.5, 0.6) is 0 Å². The van der Waals surface area contributed by atoms with Crippen LogP contribution in [0.1, 0.15) is 59.8 Å². The minimum absolute atomic E-state index is 0.303. The molecule has 2 aliphatic rings.